The molecule has 0 fully saturated rings. The summed E-state index contributed by atoms with van der Waals surface area (Å²) in [5.41, 5.74) is 2.86. The highest BCUT2D eigenvalue weighted by molar-refractivity contribution is 5.25. The largest absolute Gasteiger partial charge is 0.309 e. The zero-order valence-corrected chi connectivity index (χ0v) is 10.2. The molecule has 0 saturated heterocycles. The van der Waals surface area contributed by atoms with Gasteiger partial charge in [-0.2, -0.15) is 0 Å². The first kappa shape index (κ1) is 12.7. The quantitative estimate of drug-likeness (QED) is 0.871. The van der Waals surface area contributed by atoms with Gasteiger partial charge in [-0.05, 0) is 24.1 Å². The van der Waals surface area contributed by atoms with Gasteiger partial charge in [0.15, 0.2) is 0 Å². The molecular weight excluding hydrogens is 232 g/mol. The molecule has 94 valence electrons. The van der Waals surface area contributed by atoms with Gasteiger partial charge in [0.2, 0.25) is 0 Å². The van der Waals surface area contributed by atoms with E-state index in [9.17, 15) is 8.78 Å². The van der Waals surface area contributed by atoms with Crippen LogP contribution >= 0.6 is 0 Å². The van der Waals surface area contributed by atoms with E-state index in [4.69, 9.17) is 0 Å². The molecule has 2 rings (SSSR count). The molecule has 0 bridgehead atoms. The van der Waals surface area contributed by atoms with E-state index in [0.717, 1.165) is 6.07 Å². The summed E-state index contributed by atoms with van der Waals surface area (Å²) in [5, 5.41) is 3.16. The number of benzene rings is 2. The van der Waals surface area contributed by atoms with Gasteiger partial charge in [0.25, 0.3) is 0 Å². The maximum absolute atomic E-state index is 13.4. The summed E-state index contributed by atoms with van der Waals surface area (Å²) in [5.74, 6) is -1.05. The molecule has 0 aliphatic rings. The van der Waals surface area contributed by atoms with Crippen LogP contribution in [0.4, 0.5) is 8.78 Å². The molecule has 1 N–H and O–H groups in total. The fraction of sp³-hybridized carbons (Fsp3) is 0.200. The maximum atomic E-state index is 13.4. The number of halogens is 2. The van der Waals surface area contributed by atoms with E-state index in [1.807, 2.05) is 31.2 Å². The van der Waals surface area contributed by atoms with Crippen molar-refractivity contribution >= 4 is 0 Å². The molecule has 0 amide bonds. The fourth-order valence-corrected chi connectivity index (χ4v) is 1.81. The van der Waals surface area contributed by atoms with Crippen LogP contribution in [0.5, 0.6) is 0 Å². The van der Waals surface area contributed by atoms with Crippen LogP contribution in [0.25, 0.3) is 0 Å². The second-order valence-electron chi connectivity index (χ2n) is 4.27. The molecule has 2 aromatic rings. The molecular formula is C15H15F2N. The van der Waals surface area contributed by atoms with E-state index in [1.54, 1.807) is 0 Å². The zero-order valence-electron chi connectivity index (χ0n) is 10.2. The highest BCUT2D eigenvalue weighted by Crippen LogP contribution is 2.10. The fourth-order valence-electron chi connectivity index (χ4n) is 1.81. The second-order valence-corrected chi connectivity index (χ2v) is 4.27. The van der Waals surface area contributed by atoms with Crippen molar-refractivity contribution < 1.29 is 8.78 Å². The summed E-state index contributed by atoms with van der Waals surface area (Å²) in [6.45, 7) is 3.10. The molecule has 18 heavy (non-hydrogen) atoms. The first-order chi connectivity index (χ1) is 8.66. The summed E-state index contributed by atoms with van der Waals surface area (Å²) >= 11 is 0. The predicted molar refractivity (Wildman–Crippen MR) is 68.1 cm³/mol. The number of rotatable bonds is 4. The van der Waals surface area contributed by atoms with E-state index in [0.29, 0.717) is 18.7 Å². The lowest BCUT2D eigenvalue weighted by atomic mass is 10.1. The molecule has 0 aromatic heterocycles. The van der Waals surface area contributed by atoms with Crippen LogP contribution in [0.2, 0.25) is 0 Å². The molecule has 1 nitrogen and oxygen atoms in total. The molecule has 0 unspecified atom stereocenters. The Morgan fingerprint density at radius 2 is 1.67 bits per heavy atom. The van der Waals surface area contributed by atoms with Crippen LogP contribution in [0.1, 0.15) is 16.7 Å². The van der Waals surface area contributed by atoms with Gasteiger partial charge in [0, 0.05) is 24.7 Å². The first-order valence-corrected chi connectivity index (χ1v) is 5.86. The molecule has 0 atom stereocenters. The molecule has 2 aromatic carbocycles. The standard InChI is InChI=1S/C15H15F2N/c1-11-4-2-3-5-12(11)9-18-10-13-6-7-14(16)8-15(13)17/h2-8,18H,9-10H2,1H3. The lowest BCUT2D eigenvalue weighted by molar-refractivity contribution is 0.560. The van der Waals surface area contributed by atoms with Gasteiger partial charge in [0.05, 0.1) is 0 Å². The Morgan fingerprint density at radius 1 is 0.944 bits per heavy atom. The van der Waals surface area contributed by atoms with E-state index in [1.165, 1.54) is 23.3 Å². The normalized spacial score (nSPS) is 10.6. The molecule has 3 heteroatoms. The summed E-state index contributed by atoms with van der Waals surface area (Å²) < 4.78 is 26.1. The van der Waals surface area contributed by atoms with Crippen molar-refractivity contribution in [3.05, 3.63) is 70.8 Å². The van der Waals surface area contributed by atoms with Crippen molar-refractivity contribution in [2.24, 2.45) is 0 Å². The lowest BCUT2D eigenvalue weighted by Gasteiger charge is -2.08. The van der Waals surface area contributed by atoms with E-state index >= 15 is 0 Å². The molecule has 0 aliphatic heterocycles. The number of hydrogen-bond donors (Lipinski definition) is 1. The van der Waals surface area contributed by atoms with Crippen LogP contribution in [-0.2, 0) is 13.1 Å². The average molecular weight is 247 g/mol. The topological polar surface area (TPSA) is 12.0 Å². The van der Waals surface area contributed by atoms with Gasteiger partial charge in [-0.3, -0.25) is 0 Å². The van der Waals surface area contributed by atoms with Crippen molar-refractivity contribution in [1.82, 2.24) is 5.32 Å². The Balaban J connectivity index is 1.95. The minimum absolute atomic E-state index is 0.389. The highest BCUT2D eigenvalue weighted by Gasteiger charge is 2.03. The average Bonchev–Trinajstić information content (AvgIpc) is 2.34. The van der Waals surface area contributed by atoms with Crippen molar-refractivity contribution in [3.8, 4) is 0 Å². The third-order valence-corrected chi connectivity index (χ3v) is 2.91. The minimum atomic E-state index is -0.546. The van der Waals surface area contributed by atoms with Gasteiger partial charge in [0.1, 0.15) is 11.6 Å². The number of nitrogens with one attached hydrogen (secondary N) is 1. The van der Waals surface area contributed by atoms with Crippen LogP contribution < -0.4 is 5.32 Å². The van der Waals surface area contributed by atoms with Gasteiger partial charge in [-0.15, -0.1) is 0 Å². The molecule has 0 heterocycles. The van der Waals surface area contributed by atoms with Crippen LogP contribution in [0.3, 0.4) is 0 Å². The molecule has 0 aliphatic carbocycles. The molecule has 0 spiro atoms. The van der Waals surface area contributed by atoms with Crippen LogP contribution in [0, 0.1) is 18.6 Å². The molecule has 0 radical (unpaired) electrons. The minimum Gasteiger partial charge on any atom is -0.309 e. The van der Waals surface area contributed by atoms with E-state index < -0.39 is 11.6 Å². The van der Waals surface area contributed by atoms with Gasteiger partial charge >= 0.3 is 0 Å². The summed E-state index contributed by atoms with van der Waals surface area (Å²) in [6, 6.07) is 11.7. The van der Waals surface area contributed by atoms with Gasteiger partial charge in [-0.25, -0.2) is 8.78 Å². The summed E-state index contributed by atoms with van der Waals surface area (Å²) in [6.07, 6.45) is 0. The third kappa shape index (κ3) is 3.14. The van der Waals surface area contributed by atoms with E-state index in [-0.39, 0.29) is 0 Å². The predicted octanol–water partition coefficient (Wildman–Crippen LogP) is 3.56. The second kappa shape index (κ2) is 5.74. The Labute approximate surface area is 105 Å². The van der Waals surface area contributed by atoms with Crippen molar-refractivity contribution in [2.45, 2.75) is 20.0 Å². The monoisotopic (exact) mass is 247 g/mol. The van der Waals surface area contributed by atoms with Gasteiger partial charge < -0.3 is 5.32 Å². The van der Waals surface area contributed by atoms with Crippen molar-refractivity contribution in [3.63, 3.8) is 0 Å². The van der Waals surface area contributed by atoms with Crippen molar-refractivity contribution in [2.75, 3.05) is 0 Å². The van der Waals surface area contributed by atoms with E-state index in [2.05, 4.69) is 5.32 Å². The number of hydrogen-bond acceptors (Lipinski definition) is 1. The first-order valence-electron chi connectivity index (χ1n) is 5.86. The highest BCUT2D eigenvalue weighted by atomic mass is 19.1. The Kier molecular flexibility index (Phi) is 4.05. The third-order valence-electron chi connectivity index (χ3n) is 2.91. The van der Waals surface area contributed by atoms with Crippen molar-refractivity contribution in [1.29, 1.82) is 0 Å². The SMILES string of the molecule is Cc1ccccc1CNCc1ccc(F)cc1F. The van der Waals surface area contributed by atoms with Crippen LogP contribution in [-0.4, -0.2) is 0 Å². The van der Waals surface area contributed by atoms with Crippen LogP contribution in [0.15, 0.2) is 42.5 Å². The molecule has 0 saturated carbocycles. The zero-order chi connectivity index (χ0) is 13.0. The smallest absolute Gasteiger partial charge is 0.130 e. The Hall–Kier alpha value is -1.74. The lowest BCUT2D eigenvalue weighted by Crippen LogP contribution is -2.14. The summed E-state index contributed by atoms with van der Waals surface area (Å²) in [4.78, 5) is 0. The number of aryl methyl sites for hydroxylation is 1. The van der Waals surface area contributed by atoms with Gasteiger partial charge in [-0.1, -0.05) is 30.3 Å². The Morgan fingerprint density at radius 3 is 2.39 bits per heavy atom. The Bertz CT molecular complexity index is 538. The maximum Gasteiger partial charge on any atom is 0.130 e. The summed E-state index contributed by atoms with van der Waals surface area (Å²) in [7, 11) is 0.